The van der Waals surface area contributed by atoms with Gasteiger partial charge in [-0.1, -0.05) is 48.5 Å². The van der Waals surface area contributed by atoms with Crippen LogP contribution in [0.2, 0.25) is 0 Å². The highest BCUT2D eigenvalue weighted by Gasteiger charge is 2.12. The lowest BCUT2D eigenvalue weighted by molar-refractivity contribution is 0.102. The zero-order valence-corrected chi connectivity index (χ0v) is 18.1. The second-order valence-electron chi connectivity index (χ2n) is 7.73. The first-order valence-corrected chi connectivity index (χ1v) is 10.7. The molecule has 0 aliphatic carbocycles. The van der Waals surface area contributed by atoms with Gasteiger partial charge in [0.05, 0.1) is 5.69 Å². The maximum atomic E-state index is 12.8. The van der Waals surface area contributed by atoms with Crippen molar-refractivity contribution in [2.75, 3.05) is 5.32 Å². The molecule has 0 spiro atoms. The number of nitrogens with one attached hydrogen (secondary N) is 1. The van der Waals surface area contributed by atoms with Gasteiger partial charge in [-0.3, -0.25) is 4.79 Å². The SMILES string of the molecule is Cc1cc2nn(-c3ccccc3)nc2cc1NC(=O)c1ccc(OCc2ccccc2)cc1. The minimum absolute atomic E-state index is 0.192. The largest absolute Gasteiger partial charge is 0.489 e. The summed E-state index contributed by atoms with van der Waals surface area (Å²) in [7, 11) is 0. The minimum Gasteiger partial charge on any atom is -0.489 e. The number of para-hydroxylation sites is 1. The first-order chi connectivity index (χ1) is 16.2. The molecule has 0 radical (unpaired) electrons. The van der Waals surface area contributed by atoms with Crippen LogP contribution in [0.5, 0.6) is 5.75 Å². The molecular formula is C27H22N4O2. The Labute approximate surface area is 191 Å². The molecule has 0 saturated carbocycles. The van der Waals surface area contributed by atoms with E-state index < -0.39 is 0 Å². The van der Waals surface area contributed by atoms with Gasteiger partial charge in [-0.2, -0.15) is 4.80 Å². The maximum absolute atomic E-state index is 12.8. The number of ether oxygens (including phenoxy) is 1. The highest BCUT2D eigenvalue weighted by molar-refractivity contribution is 6.05. The molecule has 0 unspecified atom stereocenters. The van der Waals surface area contributed by atoms with E-state index in [1.165, 1.54) is 0 Å². The number of anilines is 1. The first-order valence-electron chi connectivity index (χ1n) is 10.7. The molecule has 1 heterocycles. The zero-order valence-electron chi connectivity index (χ0n) is 18.1. The Morgan fingerprint density at radius 1 is 0.848 bits per heavy atom. The van der Waals surface area contributed by atoms with Gasteiger partial charge >= 0.3 is 0 Å². The molecule has 6 nitrogen and oxygen atoms in total. The molecule has 1 N–H and O–H groups in total. The summed E-state index contributed by atoms with van der Waals surface area (Å²) in [6.07, 6.45) is 0. The molecule has 5 rings (SSSR count). The Hall–Kier alpha value is -4.45. The Morgan fingerprint density at radius 2 is 1.48 bits per heavy atom. The van der Waals surface area contributed by atoms with Crippen molar-refractivity contribution >= 4 is 22.6 Å². The van der Waals surface area contributed by atoms with Gasteiger partial charge in [0.2, 0.25) is 0 Å². The van der Waals surface area contributed by atoms with Crippen LogP contribution in [0.3, 0.4) is 0 Å². The topological polar surface area (TPSA) is 69.0 Å². The summed E-state index contributed by atoms with van der Waals surface area (Å²) >= 11 is 0. The summed E-state index contributed by atoms with van der Waals surface area (Å²) in [5, 5.41) is 12.1. The number of aryl methyl sites for hydroxylation is 1. The molecule has 0 aliphatic heterocycles. The van der Waals surface area contributed by atoms with Crippen molar-refractivity contribution in [1.29, 1.82) is 0 Å². The lowest BCUT2D eigenvalue weighted by Crippen LogP contribution is -2.12. The number of amides is 1. The van der Waals surface area contributed by atoms with Gasteiger partial charge in [-0.25, -0.2) is 0 Å². The third-order valence-corrected chi connectivity index (χ3v) is 5.33. The van der Waals surface area contributed by atoms with Crippen molar-refractivity contribution in [2.24, 2.45) is 0 Å². The summed E-state index contributed by atoms with van der Waals surface area (Å²) in [4.78, 5) is 14.4. The van der Waals surface area contributed by atoms with Crippen LogP contribution in [0.4, 0.5) is 5.69 Å². The monoisotopic (exact) mass is 434 g/mol. The van der Waals surface area contributed by atoms with Gasteiger partial charge in [0.1, 0.15) is 23.4 Å². The van der Waals surface area contributed by atoms with Crippen LogP contribution in [0, 0.1) is 6.92 Å². The lowest BCUT2D eigenvalue weighted by atomic mass is 10.1. The van der Waals surface area contributed by atoms with Crippen LogP contribution in [0.15, 0.2) is 97.1 Å². The molecule has 162 valence electrons. The van der Waals surface area contributed by atoms with E-state index in [1.807, 2.05) is 79.7 Å². The van der Waals surface area contributed by atoms with E-state index in [9.17, 15) is 4.79 Å². The molecule has 4 aromatic carbocycles. The van der Waals surface area contributed by atoms with E-state index in [0.29, 0.717) is 29.1 Å². The summed E-state index contributed by atoms with van der Waals surface area (Å²) in [6, 6.07) is 30.6. The Bertz CT molecular complexity index is 1400. The normalized spacial score (nSPS) is 10.8. The predicted molar refractivity (Wildman–Crippen MR) is 129 cm³/mol. The van der Waals surface area contributed by atoms with E-state index in [-0.39, 0.29) is 5.91 Å². The van der Waals surface area contributed by atoms with Crippen LogP contribution in [0.25, 0.3) is 16.7 Å². The quantitative estimate of drug-likeness (QED) is 0.380. The van der Waals surface area contributed by atoms with Crippen molar-refractivity contribution in [2.45, 2.75) is 13.5 Å². The van der Waals surface area contributed by atoms with E-state index >= 15 is 0 Å². The number of fused-ring (bicyclic) bond motifs is 1. The van der Waals surface area contributed by atoms with Crippen LogP contribution in [0.1, 0.15) is 21.5 Å². The molecule has 5 aromatic rings. The standard InChI is InChI=1S/C27H22N4O2/c1-19-16-25-26(30-31(29-25)22-10-6-3-7-11-22)17-24(19)28-27(32)21-12-14-23(15-13-21)33-18-20-8-4-2-5-9-20/h2-17H,18H2,1H3,(H,28,32). The molecule has 1 aromatic heterocycles. The smallest absolute Gasteiger partial charge is 0.255 e. The number of hydrogen-bond acceptors (Lipinski definition) is 4. The molecule has 6 heteroatoms. The lowest BCUT2D eigenvalue weighted by Gasteiger charge is -2.10. The maximum Gasteiger partial charge on any atom is 0.255 e. The summed E-state index contributed by atoms with van der Waals surface area (Å²) in [5.74, 6) is 0.521. The van der Waals surface area contributed by atoms with Gasteiger partial charge in [0, 0.05) is 11.3 Å². The van der Waals surface area contributed by atoms with Crippen LogP contribution < -0.4 is 10.1 Å². The fourth-order valence-electron chi connectivity index (χ4n) is 3.52. The van der Waals surface area contributed by atoms with Gasteiger partial charge in [-0.05, 0) is 66.6 Å². The summed E-state index contributed by atoms with van der Waals surface area (Å²) < 4.78 is 5.80. The van der Waals surface area contributed by atoms with Crippen molar-refractivity contribution in [3.63, 3.8) is 0 Å². The van der Waals surface area contributed by atoms with Crippen LogP contribution in [-0.4, -0.2) is 20.9 Å². The van der Waals surface area contributed by atoms with E-state index in [2.05, 4.69) is 15.5 Å². The average molecular weight is 434 g/mol. The van der Waals surface area contributed by atoms with E-state index in [1.54, 1.807) is 29.1 Å². The third-order valence-electron chi connectivity index (χ3n) is 5.33. The van der Waals surface area contributed by atoms with Gasteiger partial charge in [0.25, 0.3) is 5.91 Å². The third kappa shape index (κ3) is 4.60. The number of benzene rings is 4. The van der Waals surface area contributed by atoms with Gasteiger partial charge in [-0.15, -0.1) is 10.2 Å². The Morgan fingerprint density at radius 3 is 2.18 bits per heavy atom. The summed E-state index contributed by atoms with van der Waals surface area (Å²) in [5.41, 5.74) is 5.63. The number of hydrogen-bond donors (Lipinski definition) is 1. The highest BCUT2D eigenvalue weighted by atomic mass is 16.5. The average Bonchev–Trinajstić information content (AvgIpc) is 3.27. The number of carbonyl (C=O) groups excluding carboxylic acids is 1. The van der Waals surface area contributed by atoms with Crippen molar-refractivity contribution in [3.05, 3.63) is 114 Å². The molecule has 0 atom stereocenters. The van der Waals surface area contributed by atoms with E-state index in [0.717, 1.165) is 22.3 Å². The fraction of sp³-hybridized carbons (Fsp3) is 0.0741. The Balaban J connectivity index is 1.29. The Kier molecular flexibility index (Phi) is 5.55. The summed E-state index contributed by atoms with van der Waals surface area (Å²) in [6.45, 7) is 2.42. The van der Waals surface area contributed by atoms with Crippen LogP contribution in [-0.2, 0) is 6.61 Å². The fourth-order valence-corrected chi connectivity index (χ4v) is 3.52. The molecule has 1 amide bonds. The molecular weight excluding hydrogens is 412 g/mol. The van der Waals surface area contributed by atoms with Crippen molar-refractivity contribution in [3.8, 4) is 11.4 Å². The molecule has 0 bridgehead atoms. The molecule has 0 fully saturated rings. The van der Waals surface area contributed by atoms with Gasteiger partial charge in [0.15, 0.2) is 0 Å². The predicted octanol–water partition coefficient (Wildman–Crippen LogP) is 5.56. The van der Waals surface area contributed by atoms with Crippen molar-refractivity contribution < 1.29 is 9.53 Å². The van der Waals surface area contributed by atoms with Crippen molar-refractivity contribution in [1.82, 2.24) is 15.0 Å². The number of rotatable bonds is 6. The molecule has 0 saturated heterocycles. The van der Waals surface area contributed by atoms with Gasteiger partial charge < -0.3 is 10.1 Å². The van der Waals surface area contributed by atoms with E-state index in [4.69, 9.17) is 4.74 Å². The first kappa shape index (κ1) is 20.5. The highest BCUT2D eigenvalue weighted by Crippen LogP contribution is 2.23. The number of aromatic nitrogens is 3. The second-order valence-corrected chi connectivity index (χ2v) is 7.73. The minimum atomic E-state index is -0.192. The molecule has 0 aliphatic rings. The zero-order chi connectivity index (χ0) is 22.6. The number of nitrogens with zero attached hydrogens (tertiary/aromatic N) is 3. The number of carbonyl (C=O) groups is 1. The van der Waals surface area contributed by atoms with Crippen LogP contribution >= 0.6 is 0 Å². The second kappa shape index (κ2) is 8.96. The molecule has 33 heavy (non-hydrogen) atoms.